The molecule has 1 fully saturated rings. The number of aryl methyl sites for hydroxylation is 2. The first-order valence-corrected chi connectivity index (χ1v) is 10.5. The van der Waals surface area contributed by atoms with Crippen molar-refractivity contribution >= 4 is 33.5 Å². The van der Waals surface area contributed by atoms with E-state index < -0.39 is 0 Å². The van der Waals surface area contributed by atoms with Gasteiger partial charge in [-0.05, 0) is 31.6 Å². The Morgan fingerprint density at radius 3 is 2.66 bits per heavy atom. The third-order valence-electron chi connectivity index (χ3n) is 6.16. The number of H-pyrrole nitrogens is 1. The fraction of sp³-hybridized carbons (Fsp3) is 0.250. The molecule has 2 aromatic heterocycles. The summed E-state index contributed by atoms with van der Waals surface area (Å²) in [5, 5.41) is 9.03. The lowest BCUT2D eigenvalue weighted by Gasteiger charge is -2.35. The van der Waals surface area contributed by atoms with Crippen LogP contribution in [0.15, 0.2) is 43.2 Å². The Bertz CT molecular complexity index is 1370. The number of hydrogen-bond donors (Lipinski definition) is 1. The number of amides is 1. The van der Waals surface area contributed by atoms with Crippen molar-refractivity contribution in [3.8, 4) is 11.1 Å². The minimum absolute atomic E-state index is 0.0773. The molecule has 3 heterocycles. The zero-order valence-corrected chi connectivity index (χ0v) is 18.0. The average molecular weight is 430 g/mol. The number of anilines is 1. The number of nitrogens with zero attached hydrogens (tertiary/aromatic N) is 5. The van der Waals surface area contributed by atoms with Crippen LogP contribution < -0.4 is 4.90 Å². The number of rotatable bonds is 3. The molecular formula is C24H23FN6O. The lowest BCUT2D eigenvalue weighted by Crippen LogP contribution is -2.48. The maximum Gasteiger partial charge on any atom is 0.246 e. The summed E-state index contributed by atoms with van der Waals surface area (Å²) in [5.74, 6) is 0.229. The predicted molar refractivity (Wildman–Crippen MR) is 123 cm³/mol. The lowest BCUT2D eigenvalue weighted by molar-refractivity contribution is -0.126. The molecule has 32 heavy (non-hydrogen) atoms. The van der Waals surface area contributed by atoms with Crippen LogP contribution in [0, 0.1) is 19.7 Å². The van der Waals surface area contributed by atoms with Crippen molar-refractivity contribution in [3.63, 3.8) is 0 Å². The molecule has 1 aliphatic heterocycles. The largest absolute Gasteiger partial charge is 0.352 e. The third kappa shape index (κ3) is 3.10. The molecule has 2 aromatic carbocycles. The molecule has 0 saturated carbocycles. The predicted octanol–water partition coefficient (Wildman–Crippen LogP) is 3.76. The highest BCUT2D eigenvalue weighted by molar-refractivity contribution is 6.00. The van der Waals surface area contributed by atoms with Gasteiger partial charge in [-0.15, -0.1) is 0 Å². The molecule has 0 atom stereocenters. The van der Waals surface area contributed by atoms with E-state index in [9.17, 15) is 4.79 Å². The van der Waals surface area contributed by atoms with Crippen molar-refractivity contribution < 1.29 is 9.18 Å². The molecule has 0 aliphatic carbocycles. The molecule has 0 bridgehead atoms. The Morgan fingerprint density at radius 2 is 1.91 bits per heavy atom. The van der Waals surface area contributed by atoms with Crippen molar-refractivity contribution in [2.24, 2.45) is 0 Å². The van der Waals surface area contributed by atoms with Gasteiger partial charge >= 0.3 is 0 Å². The Kier molecular flexibility index (Phi) is 4.84. The van der Waals surface area contributed by atoms with Gasteiger partial charge < -0.3 is 9.80 Å². The first-order chi connectivity index (χ1) is 15.5. The Labute approximate surface area is 184 Å². The fourth-order valence-electron chi connectivity index (χ4n) is 4.49. The molecule has 0 radical (unpaired) electrons. The number of piperazine rings is 1. The van der Waals surface area contributed by atoms with Crippen LogP contribution in [-0.2, 0) is 4.79 Å². The highest BCUT2D eigenvalue weighted by Crippen LogP contribution is 2.37. The minimum Gasteiger partial charge on any atom is -0.352 e. The van der Waals surface area contributed by atoms with Crippen molar-refractivity contribution in [1.82, 2.24) is 25.1 Å². The second-order valence-electron chi connectivity index (χ2n) is 8.04. The first kappa shape index (κ1) is 20.1. The van der Waals surface area contributed by atoms with Gasteiger partial charge in [-0.3, -0.25) is 9.89 Å². The average Bonchev–Trinajstić information content (AvgIpc) is 3.20. The number of aromatic nitrogens is 4. The highest BCUT2D eigenvalue weighted by Gasteiger charge is 2.24. The van der Waals surface area contributed by atoms with Crippen molar-refractivity contribution in [2.45, 2.75) is 13.8 Å². The summed E-state index contributed by atoms with van der Waals surface area (Å²) in [6.07, 6.45) is 2.73. The van der Waals surface area contributed by atoms with E-state index in [1.807, 2.05) is 38.1 Å². The molecule has 8 heteroatoms. The van der Waals surface area contributed by atoms with Gasteiger partial charge in [0.15, 0.2) is 5.82 Å². The molecule has 0 spiro atoms. The number of benzene rings is 2. The quantitative estimate of drug-likeness (QED) is 0.501. The van der Waals surface area contributed by atoms with E-state index in [4.69, 9.17) is 0 Å². The molecule has 4 aromatic rings. The number of carbonyl (C=O) groups excluding carboxylic acids is 1. The topological polar surface area (TPSA) is 78.0 Å². The molecule has 1 N–H and O–H groups in total. The minimum atomic E-state index is -0.378. The van der Waals surface area contributed by atoms with Gasteiger partial charge in [0.05, 0.1) is 0 Å². The smallest absolute Gasteiger partial charge is 0.246 e. The number of fused-ring (bicyclic) bond motifs is 2. The van der Waals surface area contributed by atoms with E-state index in [0.29, 0.717) is 42.9 Å². The van der Waals surface area contributed by atoms with Gasteiger partial charge in [0.1, 0.15) is 23.2 Å². The maximum absolute atomic E-state index is 15.9. The fourth-order valence-corrected chi connectivity index (χ4v) is 4.49. The normalized spacial score (nSPS) is 14.3. The van der Waals surface area contributed by atoms with Crippen LogP contribution in [0.1, 0.15) is 11.3 Å². The monoisotopic (exact) mass is 430 g/mol. The van der Waals surface area contributed by atoms with Crippen LogP contribution in [0.5, 0.6) is 0 Å². The van der Waals surface area contributed by atoms with Gasteiger partial charge in [-0.25, -0.2) is 14.4 Å². The second-order valence-corrected chi connectivity index (χ2v) is 8.04. The Morgan fingerprint density at radius 1 is 1.12 bits per heavy atom. The summed E-state index contributed by atoms with van der Waals surface area (Å²) in [4.78, 5) is 24.5. The number of nitrogens with one attached hydrogen (secondary N) is 1. The van der Waals surface area contributed by atoms with Crippen molar-refractivity contribution in [1.29, 1.82) is 0 Å². The summed E-state index contributed by atoms with van der Waals surface area (Å²) in [6, 6.07) is 7.72. The van der Waals surface area contributed by atoms with Gasteiger partial charge in [0.2, 0.25) is 5.91 Å². The molecule has 1 amide bonds. The zero-order valence-electron chi connectivity index (χ0n) is 18.0. The Hall–Kier alpha value is -3.81. The third-order valence-corrected chi connectivity index (χ3v) is 6.16. The van der Waals surface area contributed by atoms with Crippen molar-refractivity contribution in [3.05, 3.63) is 60.3 Å². The van der Waals surface area contributed by atoms with E-state index in [2.05, 4.69) is 31.6 Å². The molecular weight excluding hydrogens is 407 g/mol. The van der Waals surface area contributed by atoms with E-state index >= 15 is 4.39 Å². The van der Waals surface area contributed by atoms with E-state index in [1.54, 1.807) is 4.90 Å². The lowest BCUT2D eigenvalue weighted by atomic mass is 9.95. The summed E-state index contributed by atoms with van der Waals surface area (Å²) in [7, 11) is 0. The van der Waals surface area contributed by atoms with Crippen LogP contribution >= 0.6 is 0 Å². The SMILES string of the molecule is C=CC(=O)N1CCN(c2ncnc3c(F)c(-c4cccc5c(C)[nH]nc45)c(C)cc23)CC1. The molecule has 0 unspecified atom stereocenters. The summed E-state index contributed by atoms with van der Waals surface area (Å²) < 4.78 is 15.9. The van der Waals surface area contributed by atoms with Crippen LogP contribution in [0.4, 0.5) is 10.2 Å². The molecule has 5 rings (SSSR count). The Balaban J connectivity index is 1.60. The second kappa shape index (κ2) is 7.71. The number of halogens is 1. The van der Waals surface area contributed by atoms with Crippen molar-refractivity contribution in [2.75, 3.05) is 31.1 Å². The summed E-state index contributed by atoms with van der Waals surface area (Å²) in [5.41, 5.74) is 3.99. The summed E-state index contributed by atoms with van der Waals surface area (Å²) >= 11 is 0. The van der Waals surface area contributed by atoms with E-state index in [1.165, 1.54) is 12.4 Å². The van der Waals surface area contributed by atoms with Crippen LogP contribution in [0.25, 0.3) is 32.9 Å². The zero-order chi connectivity index (χ0) is 22.4. The molecule has 1 saturated heterocycles. The maximum atomic E-state index is 15.9. The van der Waals surface area contributed by atoms with Crippen LogP contribution in [0.3, 0.4) is 0 Å². The first-order valence-electron chi connectivity index (χ1n) is 10.5. The number of hydrogen-bond acceptors (Lipinski definition) is 5. The molecule has 7 nitrogen and oxygen atoms in total. The van der Waals surface area contributed by atoms with E-state index in [0.717, 1.165) is 27.7 Å². The van der Waals surface area contributed by atoms with Crippen LogP contribution in [-0.4, -0.2) is 57.2 Å². The highest BCUT2D eigenvalue weighted by atomic mass is 19.1. The van der Waals surface area contributed by atoms with Gasteiger partial charge in [0, 0.05) is 53.8 Å². The van der Waals surface area contributed by atoms with Crippen LogP contribution in [0.2, 0.25) is 0 Å². The molecule has 1 aliphatic rings. The number of aromatic amines is 1. The van der Waals surface area contributed by atoms with Gasteiger partial charge in [-0.2, -0.15) is 5.10 Å². The van der Waals surface area contributed by atoms with Gasteiger partial charge in [0.25, 0.3) is 0 Å². The van der Waals surface area contributed by atoms with Gasteiger partial charge in [-0.1, -0.05) is 24.8 Å². The standard InChI is InChI=1S/C24H23FN6O/c1-4-19(32)30-8-10-31(11-9-30)24-18-12-14(2)20(21(25)23(18)26-13-27-24)17-7-5-6-16-15(3)28-29-22(16)17/h4-7,12-13H,1,8-11H2,2-3H3,(H,28,29). The molecule has 162 valence electrons. The summed E-state index contributed by atoms with van der Waals surface area (Å²) in [6.45, 7) is 9.75. The van der Waals surface area contributed by atoms with E-state index in [-0.39, 0.29) is 17.2 Å². The number of para-hydroxylation sites is 1. The number of carbonyl (C=O) groups is 1.